The van der Waals surface area contributed by atoms with Crippen molar-refractivity contribution in [2.45, 2.75) is 0 Å². The van der Waals surface area contributed by atoms with Crippen LogP contribution in [0.25, 0.3) is 11.3 Å². The normalized spacial score (nSPS) is 10.4. The van der Waals surface area contributed by atoms with Crippen LogP contribution in [0.15, 0.2) is 54.6 Å². The number of aryl methyl sites for hydroxylation is 1. The first kappa shape index (κ1) is 18.4. The van der Waals surface area contributed by atoms with Gasteiger partial charge in [0.1, 0.15) is 5.82 Å². The van der Waals surface area contributed by atoms with Gasteiger partial charge in [-0.25, -0.2) is 0 Å². The molecule has 8 nitrogen and oxygen atoms in total. The molecule has 27 heavy (non-hydrogen) atoms. The molecule has 0 unspecified atom stereocenters. The number of nitro benzene ring substituents is 1. The molecule has 0 spiro atoms. The van der Waals surface area contributed by atoms with Gasteiger partial charge in [0.15, 0.2) is 0 Å². The van der Waals surface area contributed by atoms with Gasteiger partial charge in [0.25, 0.3) is 5.69 Å². The van der Waals surface area contributed by atoms with E-state index in [0.29, 0.717) is 22.2 Å². The van der Waals surface area contributed by atoms with Crippen LogP contribution in [0.5, 0.6) is 0 Å². The van der Waals surface area contributed by atoms with Crippen LogP contribution in [-0.4, -0.2) is 27.2 Å². The minimum absolute atomic E-state index is 0.0391. The molecule has 0 saturated carbocycles. The van der Waals surface area contributed by atoms with Crippen molar-refractivity contribution in [3.8, 4) is 11.3 Å². The lowest BCUT2D eigenvalue weighted by atomic mass is 10.1. The summed E-state index contributed by atoms with van der Waals surface area (Å²) in [5.74, 6) is 0.234. The zero-order valence-electron chi connectivity index (χ0n) is 14.3. The van der Waals surface area contributed by atoms with E-state index in [1.807, 2.05) is 12.1 Å². The summed E-state index contributed by atoms with van der Waals surface area (Å²) in [4.78, 5) is 22.5. The van der Waals surface area contributed by atoms with E-state index in [2.05, 4.69) is 15.7 Å². The fraction of sp³-hybridized carbons (Fsp3) is 0.111. The largest absolute Gasteiger partial charge is 0.376 e. The average Bonchev–Trinajstić information content (AvgIpc) is 3.01. The van der Waals surface area contributed by atoms with Crippen LogP contribution in [0.2, 0.25) is 5.02 Å². The molecule has 2 aromatic carbocycles. The summed E-state index contributed by atoms with van der Waals surface area (Å²) >= 11 is 5.89. The van der Waals surface area contributed by atoms with Gasteiger partial charge in [-0.1, -0.05) is 29.8 Å². The van der Waals surface area contributed by atoms with E-state index in [4.69, 9.17) is 11.6 Å². The number of carbonyl (C=O) groups excluding carboxylic acids is 1. The molecule has 3 aromatic rings. The number of amides is 1. The van der Waals surface area contributed by atoms with E-state index < -0.39 is 4.92 Å². The number of anilines is 2. The number of benzene rings is 2. The number of rotatable bonds is 6. The zero-order valence-corrected chi connectivity index (χ0v) is 15.1. The fourth-order valence-corrected chi connectivity index (χ4v) is 2.57. The minimum Gasteiger partial charge on any atom is -0.376 e. The molecule has 0 radical (unpaired) electrons. The molecule has 1 heterocycles. The molecule has 1 aromatic heterocycles. The standard InChI is InChI=1S/C18H16ClN5O3/c1-23-17(10-16(22-23)12-5-7-13(19)8-6-12)21-18(25)11-20-14-3-2-4-15(9-14)24(26)27/h2-10,20H,11H2,1H3,(H,21,25). The second-order valence-corrected chi connectivity index (χ2v) is 6.19. The van der Waals surface area contributed by atoms with E-state index >= 15 is 0 Å². The molecule has 0 fully saturated rings. The second-order valence-electron chi connectivity index (χ2n) is 5.75. The first-order valence-electron chi connectivity index (χ1n) is 8.00. The van der Waals surface area contributed by atoms with Gasteiger partial charge in [0.05, 0.1) is 17.2 Å². The summed E-state index contributed by atoms with van der Waals surface area (Å²) in [6.45, 7) is -0.0391. The Kier molecular flexibility index (Phi) is 5.37. The maximum absolute atomic E-state index is 12.2. The molecule has 0 atom stereocenters. The Balaban J connectivity index is 1.63. The van der Waals surface area contributed by atoms with Crippen LogP contribution in [0.4, 0.5) is 17.2 Å². The van der Waals surface area contributed by atoms with Gasteiger partial charge in [-0.05, 0) is 18.2 Å². The Bertz CT molecular complexity index is 985. The van der Waals surface area contributed by atoms with Gasteiger partial charge in [0.2, 0.25) is 5.91 Å². The molecule has 0 bridgehead atoms. The maximum Gasteiger partial charge on any atom is 0.271 e. The summed E-state index contributed by atoms with van der Waals surface area (Å²) in [7, 11) is 1.73. The molecular formula is C18H16ClN5O3. The highest BCUT2D eigenvalue weighted by Crippen LogP contribution is 2.23. The van der Waals surface area contributed by atoms with Crippen LogP contribution in [-0.2, 0) is 11.8 Å². The Morgan fingerprint density at radius 2 is 1.96 bits per heavy atom. The summed E-state index contributed by atoms with van der Waals surface area (Å²) in [6.07, 6.45) is 0. The fourth-order valence-electron chi connectivity index (χ4n) is 2.44. The van der Waals surface area contributed by atoms with Gasteiger partial charge in [-0.15, -0.1) is 0 Å². The van der Waals surface area contributed by atoms with Gasteiger partial charge >= 0.3 is 0 Å². The van der Waals surface area contributed by atoms with Crippen molar-refractivity contribution >= 4 is 34.7 Å². The van der Waals surface area contributed by atoms with Gasteiger partial charge in [0, 0.05) is 41.5 Å². The number of hydrogen-bond donors (Lipinski definition) is 2. The monoisotopic (exact) mass is 385 g/mol. The number of nitrogens with zero attached hydrogens (tertiary/aromatic N) is 3. The molecule has 0 aliphatic heterocycles. The summed E-state index contributed by atoms with van der Waals surface area (Å²) in [5.41, 5.74) is 2.03. The zero-order chi connectivity index (χ0) is 19.4. The highest BCUT2D eigenvalue weighted by molar-refractivity contribution is 6.30. The van der Waals surface area contributed by atoms with Crippen molar-refractivity contribution in [3.05, 3.63) is 69.7 Å². The molecule has 138 valence electrons. The van der Waals surface area contributed by atoms with E-state index in [-0.39, 0.29) is 18.1 Å². The van der Waals surface area contributed by atoms with Crippen molar-refractivity contribution in [2.75, 3.05) is 17.2 Å². The third-order valence-electron chi connectivity index (χ3n) is 3.80. The molecular weight excluding hydrogens is 370 g/mol. The molecule has 9 heteroatoms. The number of nitro groups is 1. The van der Waals surface area contributed by atoms with Crippen LogP contribution >= 0.6 is 11.6 Å². The summed E-state index contributed by atoms with van der Waals surface area (Å²) in [5, 5.41) is 21.4. The van der Waals surface area contributed by atoms with Gasteiger partial charge in [-0.2, -0.15) is 5.10 Å². The van der Waals surface area contributed by atoms with Crippen LogP contribution in [0.1, 0.15) is 0 Å². The average molecular weight is 386 g/mol. The Morgan fingerprint density at radius 1 is 1.22 bits per heavy atom. The Morgan fingerprint density at radius 3 is 2.67 bits per heavy atom. The highest BCUT2D eigenvalue weighted by atomic mass is 35.5. The second kappa shape index (κ2) is 7.88. The quantitative estimate of drug-likeness (QED) is 0.497. The predicted octanol–water partition coefficient (Wildman–Crippen LogP) is 3.70. The lowest BCUT2D eigenvalue weighted by Crippen LogP contribution is -2.23. The molecule has 0 aliphatic rings. The third-order valence-corrected chi connectivity index (χ3v) is 4.05. The van der Waals surface area contributed by atoms with E-state index in [0.717, 1.165) is 5.56 Å². The summed E-state index contributed by atoms with van der Waals surface area (Å²) < 4.78 is 1.56. The number of halogens is 1. The van der Waals surface area contributed by atoms with E-state index in [1.54, 1.807) is 42.1 Å². The van der Waals surface area contributed by atoms with Crippen molar-refractivity contribution < 1.29 is 9.72 Å². The number of hydrogen-bond acceptors (Lipinski definition) is 5. The SMILES string of the molecule is Cn1nc(-c2ccc(Cl)cc2)cc1NC(=O)CNc1cccc([N+](=O)[O-])c1. The van der Waals surface area contributed by atoms with Crippen molar-refractivity contribution in [2.24, 2.45) is 7.05 Å². The lowest BCUT2D eigenvalue weighted by Gasteiger charge is -2.07. The predicted molar refractivity (Wildman–Crippen MR) is 104 cm³/mol. The number of carbonyl (C=O) groups is 1. The number of non-ortho nitro benzene ring substituents is 1. The molecule has 3 rings (SSSR count). The molecule has 1 amide bonds. The van der Waals surface area contributed by atoms with Crippen LogP contribution in [0.3, 0.4) is 0 Å². The minimum atomic E-state index is -0.487. The first-order valence-corrected chi connectivity index (χ1v) is 8.38. The smallest absolute Gasteiger partial charge is 0.271 e. The first-order chi connectivity index (χ1) is 12.9. The highest BCUT2D eigenvalue weighted by Gasteiger charge is 2.11. The van der Waals surface area contributed by atoms with Gasteiger partial charge < -0.3 is 10.6 Å². The maximum atomic E-state index is 12.2. The van der Waals surface area contributed by atoms with Crippen molar-refractivity contribution in [1.29, 1.82) is 0 Å². The van der Waals surface area contributed by atoms with Crippen molar-refractivity contribution in [3.63, 3.8) is 0 Å². The summed E-state index contributed by atoms with van der Waals surface area (Å²) in [6, 6.07) is 15.0. The van der Waals surface area contributed by atoms with E-state index in [1.165, 1.54) is 12.1 Å². The topological polar surface area (TPSA) is 102 Å². The van der Waals surface area contributed by atoms with E-state index in [9.17, 15) is 14.9 Å². The molecule has 0 aliphatic carbocycles. The number of nitrogens with one attached hydrogen (secondary N) is 2. The Labute approximate surface area is 159 Å². The molecule has 0 saturated heterocycles. The lowest BCUT2D eigenvalue weighted by molar-refractivity contribution is -0.384. The number of aromatic nitrogens is 2. The third kappa shape index (κ3) is 4.62. The van der Waals surface area contributed by atoms with Crippen LogP contribution in [0, 0.1) is 10.1 Å². The Hall–Kier alpha value is -3.39. The van der Waals surface area contributed by atoms with Crippen LogP contribution < -0.4 is 10.6 Å². The van der Waals surface area contributed by atoms with Gasteiger partial charge in [-0.3, -0.25) is 19.6 Å². The van der Waals surface area contributed by atoms with Crippen molar-refractivity contribution in [1.82, 2.24) is 9.78 Å². The molecule has 2 N–H and O–H groups in total.